The van der Waals surface area contributed by atoms with Gasteiger partial charge in [0.15, 0.2) is 5.88 Å². The molecule has 0 aromatic carbocycles. The van der Waals surface area contributed by atoms with E-state index in [9.17, 15) is 4.79 Å². The van der Waals surface area contributed by atoms with Crippen LogP contribution in [0.1, 0.15) is 37.2 Å². The van der Waals surface area contributed by atoms with Crippen LogP contribution in [0, 0.1) is 0 Å². The quantitative estimate of drug-likeness (QED) is 0.813. The van der Waals surface area contributed by atoms with E-state index in [1.54, 1.807) is 6.07 Å². The molecule has 0 aliphatic heterocycles. The molecule has 0 saturated carbocycles. The van der Waals surface area contributed by atoms with Gasteiger partial charge in [0.1, 0.15) is 0 Å². The summed E-state index contributed by atoms with van der Waals surface area (Å²) in [5, 5.41) is 8.72. The number of furan rings is 1. The number of carboxylic acids is 1. The Hall–Kier alpha value is -1.45. The van der Waals surface area contributed by atoms with Crippen molar-refractivity contribution in [1.82, 2.24) is 0 Å². The smallest absolute Gasteiger partial charge is 0.371 e. The molecule has 0 spiro atoms. The Balaban J connectivity index is 2.81. The van der Waals surface area contributed by atoms with E-state index >= 15 is 0 Å². The van der Waals surface area contributed by atoms with Crippen LogP contribution < -0.4 is 4.90 Å². The highest BCUT2D eigenvalue weighted by molar-refractivity contribution is 5.84. The van der Waals surface area contributed by atoms with Gasteiger partial charge in [-0.1, -0.05) is 13.8 Å². The molecule has 0 bridgehead atoms. The highest BCUT2D eigenvalue weighted by Crippen LogP contribution is 2.21. The van der Waals surface area contributed by atoms with E-state index in [-0.39, 0.29) is 5.76 Å². The molecule has 0 atom stereocenters. The van der Waals surface area contributed by atoms with Gasteiger partial charge >= 0.3 is 5.97 Å². The maximum atomic E-state index is 10.6. The Kier molecular flexibility index (Phi) is 3.77. The molecule has 1 aromatic rings. The maximum absolute atomic E-state index is 10.6. The first kappa shape index (κ1) is 11.6. The lowest BCUT2D eigenvalue weighted by atomic mass is 10.1. The number of anilines is 1. The summed E-state index contributed by atoms with van der Waals surface area (Å²) in [6, 6.07) is 3.57. The number of rotatable bonds is 5. The third-order valence-corrected chi connectivity index (χ3v) is 2.64. The zero-order chi connectivity index (χ0) is 11.4. The van der Waals surface area contributed by atoms with Gasteiger partial charge in [-0.3, -0.25) is 0 Å². The van der Waals surface area contributed by atoms with Crippen molar-refractivity contribution >= 4 is 11.9 Å². The molecule has 0 aliphatic carbocycles. The molecule has 0 unspecified atom stereocenters. The van der Waals surface area contributed by atoms with Crippen LogP contribution >= 0.6 is 0 Å². The standard InChI is InChI=1S/C11H17NO3/c1-4-8(5-2)12(3)10-7-6-9(15-10)11(13)14/h6-8H,4-5H2,1-3H3,(H,13,14). The van der Waals surface area contributed by atoms with Gasteiger partial charge in [0.05, 0.1) is 0 Å². The largest absolute Gasteiger partial charge is 0.475 e. The van der Waals surface area contributed by atoms with Crippen LogP contribution in [0.2, 0.25) is 0 Å². The molecule has 84 valence electrons. The van der Waals surface area contributed by atoms with Crippen LogP contribution in [0.4, 0.5) is 5.88 Å². The van der Waals surface area contributed by atoms with Crippen LogP contribution in [0.15, 0.2) is 16.5 Å². The summed E-state index contributed by atoms with van der Waals surface area (Å²) < 4.78 is 5.22. The second-order valence-electron chi connectivity index (χ2n) is 3.52. The predicted octanol–water partition coefficient (Wildman–Crippen LogP) is 2.60. The van der Waals surface area contributed by atoms with Crippen LogP contribution in [-0.2, 0) is 0 Å². The summed E-state index contributed by atoms with van der Waals surface area (Å²) in [5.41, 5.74) is 0. The molecule has 0 aliphatic rings. The Morgan fingerprint density at radius 1 is 1.47 bits per heavy atom. The molecule has 1 aromatic heterocycles. The van der Waals surface area contributed by atoms with Gasteiger partial charge in [0.2, 0.25) is 5.76 Å². The van der Waals surface area contributed by atoms with Gasteiger partial charge in [0, 0.05) is 19.2 Å². The molecule has 0 saturated heterocycles. The van der Waals surface area contributed by atoms with Crippen LogP contribution in [-0.4, -0.2) is 24.2 Å². The van der Waals surface area contributed by atoms with Gasteiger partial charge in [-0.15, -0.1) is 0 Å². The summed E-state index contributed by atoms with van der Waals surface area (Å²) in [4.78, 5) is 12.6. The first-order chi connectivity index (χ1) is 7.10. The SMILES string of the molecule is CCC(CC)N(C)c1ccc(C(=O)O)o1. The molecule has 1 rings (SSSR count). The number of aromatic carboxylic acids is 1. The summed E-state index contributed by atoms with van der Waals surface area (Å²) in [6.45, 7) is 4.21. The van der Waals surface area contributed by atoms with Gasteiger partial charge < -0.3 is 14.4 Å². The predicted molar refractivity (Wildman–Crippen MR) is 58.4 cm³/mol. The van der Waals surface area contributed by atoms with Crippen LogP contribution in [0.25, 0.3) is 0 Å². The fraction of sp³-hybridized carbons (Fsp3) is 0.545. The van der Waals surface area contributed by atoms with Crippen LogP contribution in [0.3, 0.4) is 0 Å². The van der Waals surface area contributed by atoms with Crippen molar-refractivity contribution in [2.24, 2.45) is 0 Å². The van der Waals surface area contributed by atoms with E-state index in [0.717, 1.165) is 12.8 Å². The molecule has 4 heteroatoms. The van der Waals surface area contributed by atoms with E-state index in [4.69, 9.17) is 9.52 Å². The maximum Gasteiger partial charge on any atom is 0.371 e. The number of hydrogen-bond donors (Lipinski definition) is 1. The minimum absolute atomic E-state index is 0.0113. The summed E-state index contributed by atoms with van der Waals surface area (Å²) >= 11 is 0. The van der Waals surface area contributed by atoms with E-state index < -0.39 is 5.97 Å². The van der Waals surface area contributed by atoms with Gasteiger partial charge in [-0.2, -0.15) is 0 Å². The highest BCUT2D eigenvalue weighted by Gasteiger charge is 2.16. The lowest BCUT2D eigenvalue weighted by Crippen LogP contribution is -2.29. The Labute approximate surface area is 89.5 Å². The van der Waals surface area contributed by atoms with Crippen molar-refractivity contribution < 1.29 is 14.3 Å². The fourth-order valence-electron chi connectivity index (χ4n) is 1.65. The van der Waals surface area contributed by atoms with Crippen molar-refractivity contribution in [3.05, 3.63) is 17.9 Å². The molecule has 0 amide bonds. The van der Waals surface area contributed by atoms with E-state index in [1.165, 1.54) is 6.07 Å². The monoisotopic (exact) mass is 211 g/mol. The Bertz CT molecular complexity index is 328. The summed E-state index contributed by atoms with van der Waals surface area (Å²) in [5.74, 6) is -0.428. The van der Waals surface area contributed by atoms with Gasteiger partial charge in [-0.05, 0) is 18.9 Å². The lowest BCUT2D eigenvalue weighted by Gasteiger charge is -2.25. The fourth-order valence-corrected chi connectivity index (χ4v) is 1.65. The second-order valence-corrected chi connectivity index (χ2v) is 3.52. The second kappa shape index (κ2) is 4.87. The number of carbonyl (C=O) groups is 1. The van der Waals surface area contributed by atoms with Crippen molar-refractivity contribution in [1.29, 1.82) is 0 Å². The Morgan fingerprint density at radius 2 is 2.07 bits per heavy atom. The Morgan fingerprint density at radius 3 is 2.47 bits per heavy atom. The minimum atomic E-state index is -1.03. The van der Waals surface area contributed by atoms with Crippen molar-refractivity contribution in [2.75, 3.05) is 11.9 Å². The van der Waals surface area contributed by atoms with Crippen molar-refractivity contribution in [3.63, 3.8) is 0 Å². The number of carboxylic acid groups (broad SMARTS) is 1. The average molecular weight is 211 g/mol. The first-order valence-electron chi connectivity index (χ1n) is 5.16. The normalized spacial score (nSPS) is 10.7. The zero-order valence-electron chi connectivity index (χ0n) is 9.36. The molecule has 1 N–H and O–H groups in total. The lowest BCUT2D eigenvalue weighted by molar-refractivity contribution is 0.0663. The third-order valence-electron chi connectivity index (χ3n) is 2.64. The van der Waals surface area contributed by atoms with E-state index in [0.29, 0.717) is 11.9 Å². The number of nitrogens with zero attached hydrogens (tertiary/aromatic N) is 1. The van der Waals surface area contributed by atoms with Crippen LogP contribution in [0.5, 0.6) is 0 Å². The molecular weight excluding hydrogens is 194 g/mol. The highest BCUT2D eigenvalue weighted by atomic mass is 16.4. The zero-order valence-corrected chi connectivity index (χ0v) is 9.36. The first-order valence-corrected chi connectivity index (χ1v) is 5.16. The van der Waals surface area contributed by atoms with E-state index in [2.05, 4.69) is 13.8 Å². The summed E-state index contributed by atoms with van der Waals surface area (Å²) in [6.07, 6.45) is 2.02. The molecule has 0 fully saturated rings. The molecule has 4 nitrogen and oxygen atoms in total. The molecule has 15 heavy (non-hydrogen) atoms. The van der Waals surface area contributed by atoms with Gasteiger partial charge in [-0.25, -0.2) is 4.79 Å². The van der Waals surface area contributed by atoms with Crippen molar-refractivity contribution in [2.45, 2.75) is 32.7 Å². The van der Waals surface area contributed by atoms with Gasteiger partial charge in [0.25, 0.3) is 0 Å². The molecule has 0 radical (unpaired) electrons. The number of hydrogen-bond acceptors (Lipinski definition) is 3. The molecule has 1 heterocycles. The minimum Gasteiger partial charge on any atom is -0.475 e. The third kappa shape index (κ3) is 2.52. The average Bonchev–Trinajstić information content (AvgIpc) is 2.68. The van der Waals surface area contributed by atoms with Crippen molar-refractivity contribution in [3.8, 4) is 0 Å². The summed E-state index contributed by atoms with van der Waals surface area (Å²) in [7, 11) is 1.92. The topological polar surface area (TPSA) is 53.7 Å². The molecular formula is C11H17NO3. The van der Waals surface area contributed by atoms with E-state index in [1.807, 2.05) is 11.9 Å².